The number of rotatable bonds is 21. The average molecular weight is 831 g/mol. The molecule has 2 aliphatic rings. The summed E-state index contributed by atoms with van der Waals surface area (Å²) in [6, 6.07) is 42.6. The minimum atomic E-state index is 0.446. The lowest BCUT2D eigenvalue weighted by Gasteiger charge is -2.28. The topological polar surface area (TPSA) is 36.9 Å². The van der Waals surface area contributed by atoms with Crippen LogP contribution in [0.4, 0.5) is 0 Å². The van der Waals surface area contributed by atoms with Gasteiger partial charge >= 0.3 is 0 Å². The molecule has 6 aromatic rings. The first-order valence-corrected chi connectivity index (χ1v) is 24.4. The third-order valence-electron chi connectivity index (χ3n) is 14.0. The Balaban J connectivity index is 0.906. The van der Waals surface area contributed by atoms with Crippen molar-refractivity contribution in [3.05, 3.63) is 132 Å². The number of hydrogen-bond donors (Lipinski definition) is 0. The van der Waals surface area contributed by atoms with Crippen LogP contribution in [0.3, 0.4) is 0 Å². The van der Waals surface area contributed by atoms with Crippen molar-refractivity contribution < 1.29 is 18.9 Å². The Hall–Kier alpha value is -4.96. The Labute approximate surface area is 372 Å². The van der Waals surface area contributed by atoms with Crippen molar-refractivity contribution in [2.24, 2.45) is 23.7 Å². The monoisotopic (exact) mass is 831 g/mol. The van der Waals surface area contributed by atoms with Crippen LogP contribution in [0, 0.1) is 23.7 Å². The highest BCUT2D eigenvalue weighted by Crippen LogP contribution is 2.46. The van der Waals surface area contributed by atoms with Gasteiger partial charge in [-0.15, -0.1) is 0 Å². The third-order valence-corrected chi connectivity index (χ3v) is 14.0. The second kappa shape index (κ2) is 22.4. The Morgan fingerprint density at radius 1 is 0.387 bits per heavy atom. The van der Waals surface area contributed by atoms with E-state index in [1.807, 2.05) is 0 Å². The quantitative estimate of drug-likeness (QED) is 0.0677. The molecule has 2 saturated carbocycles. The molecule has 0 N–H and O–H groups in total. The van der Waals surface area contributed by atoms with Gasteiger partial charge in [-0.1, -0.05) is 176 Å². The largest absolute Gasteiger partial charge is 0.494 e. The van der Waals surface area contributed by atoms with E-state index in [1.54, 1.807) is 0 Å². The summed E-state index contributed by atoms with van der Waals surface area (Å²) in [6.07, 6.45) is 21.6. The Bertz CT molecular complexity index is 2100. The van der Waals surface area contributed by atoms with Gasteiger partial charge in [-0.3, -0.25) is 0 Å². The molecule has 8 rings (SSSR count). The third kappa shape index (κ3) is 11.7. The lowest BCUT2D eigenvalue weighted by Crippen LogP contribution is -2.15. The fourth-order valence-electron chi connectivity index (χ4n) is 10.5. The lowest BCUT2D eigenvalue weighted by atomic mass is 9.78. The van der Waals surface area contributed by atoms with Crippen LogP contribution < -0.4 is 18.9 Å². The molecule has 0 aromatic heterocycles. The van der Waals surface area contributed by atoms with Crippen molar-refractivity contribution in [1.29, 1.82) is 0 Å². The summed E-state index contributed by atoms with van der Waals surface area (Å²) in [5.41, 5.74) is 4.30. The van der Waals surface area contributed by atoms with Crippen LogP contribution in [-0.4, -0.2) is 13.2 Å². The van der Waals surface area contributed by atoms with E-state index in [-0.39, 0.29) is 0 Å². The van der Waals surface area contributed by atoms with Crippen molar-refractivity contribution in [3.63, 3.8) is 0 Å². The minimum absolute atomic E-state index is 0.446. The molecule has 2 aliphatic carbocycles. The van der Waals surface area contributed by atoms with E-state index in [9.17, 15) is 0 Å². The van der Waals surface area contributed by atoms with Crippen LogP contribution in [0.15, 0.2) is 121 Å². The zero-order valence-electron chi connectivity index (χ0n) is 37.6. The molecular weight excluding hydrogens is 761 g/mol. The van der Waals surface area contributed by atoms with Crippen molar-refractivity contribution >= 4 is 21.5 Å². The highest BCUT2D eigenvalue weighted by Gasteiger charge is 2.22. The zero-order valence-corrected chi connectivity index (χ0v) is 37.6. The lowest BCUT2D eigenvalue weighted by molar-refractivity contribution is 0.230. The number of fused-ring (bicyclic) bond motifs is 2. The van der Waals surface area contributed by atoms with Gasteiger partial charge in [0.2, 0.25) is 0 Å². The molecule has 4 nitrogen and oxygen atoms in total. The highest BCUT2D eigenvalue weighted by atomic mass is 16.5. The van der Waals surface area contributed by atoms with E-state index in [2.05, 4.69) is 135 Å². The molecule has 0 amide bonds. The van der Waals surface area contributed by atoms with E-state index < -0.39 is 0 Å². The first-order valence-electron chi connectivity index (χ1n) is 24.4. The van der Waals surface area contributed by atoms with Gasteiger partial charge < -0.3 is 18.9 Å². The number of benzene rings is 6. The zero-order chi connectivity index (χ0) is 42.4. The van der Waals surface area contributed by atoms with Crippen LogP contribution in [-0.2, 0) is 13.2 Å². The summed E-state index contributed by atoms with van der Waals surface area (Å²) in [6.45, 7) is 7.09. The summed E-state index contributed by atoms with van der Waals surface area (Å²) in [7, 11) is 0. The van der Waals surface area contributed by atoms with Crippen LogP contribution in [0.5, 0.6) is 23.0 Å². The van der Waals surface area contributed by atoms with Crippen molar-refractivity contribution in [2.75, 3.05) is 13.2 Å². The molecule has 6 aromatic carbocycles. The SMILES string of the molecule is CCCC1CCC(CCCOc2ccc(COc3ccc4ccccc4c3-c3c(OCc4ccc(OCCCC5CCC(CCC)CC5)cc4)ccc4ccccc34)cc2)CC1. The van der Waals surface area contributed by atoms with Gasteiger partial charge in [0.25, 0.3) is 0 Å². The first kappa shape index (κ1) is 43.7. The maximum Gasteiger partial charge on any atom is 0.128 e. The molecule has 4 heteroatoms. The van der Waals surface area contributed by atoms with Gasteiger partial charge in [-0.25, -0.2) is 0 Å². The molecule has 0 saturated heterocycles. The van der Waals surface area contributed by atoms with Crippen molar-refractivity contribution in [1.82, 2.24) is 0 Å². The van der Waals surface area contributed by atoms with E-state index in [0.29, 0.717) is 13.2 Å². The summed E-state index contributed by atoms with van der Waals surface area (Å²) in [5.74, 6) is 7.22. The second-order valence-electron chi connectivity index (χ2n) is 18.5. The Morgan fingerprint density at radius 2 is 0.758 bits per heavy atom. The summed E-state index contributed by atoms with van der Waals surface area (Å²) < 4.78 is 25.9. The number of hydrogen-bond acceptors (Lipinski definition) is 4. The second-order valence-corrected chi connectivity index (χ2v) is 18.5. The number of ether oxygens (including phenoxy) is 4. The van der Waals surface area contributed by atoms with Crippen LogP contribution >= 0.6 is 0 Å². The maximum atomic E-state index is 6.77. The van der Waals surface area contributed by atoms with Gasteiger partial charge in [0, 0.05) is 11.1 Å². The fraction of sp³-hybridized carbons (Fsp3) is 0.448. The van der Waals surface area contributed by atoms with E-state index in [4.69, 9.17) is 18.9 Å². The van der Waals surface area contributed by atoms with Crippen molar-refractivity contribution in [3.8, 4) is 34.1 Å². The first-order chi connectivity index (χ1) is 30.6. The molecule has 0 spiro atoms. The van der Waals surface area contributed by atoms with Gasteiger partial charge in [0.05, 0.1) is 13.2 Å². The molecule has 326 valence electrons. The predicted octanol–water partition coefficient (Wildman–Crippen LogP) is 16.3. The van der Waals surface area contributed by atoms with Crippen molar-refractivity contribution in [2.45, 2.75) is 130 Å². The summed E-state index contributed by atoms with van der Waals surface area (Å²) in [5, 5.41) is 4.59. The van der Waals surface area contributed by atoms with E-state index in [0.717, 1.165) is 117 Å². The summed E-state index contributed by atoms with van der Waals surface area (Å²) in [4.78, 5) is 0. The van der Waals surface area contributed by atoms with E-state index in [1.165, 1.54) is 89.9 Å². The smallest absolute Gasteiger partial charge is 0.128 e. The molecule has 0 unspecified atom stereocenters. The molecule has 2 fully saturated rings. The van der Waals surface area contributed by atoms with Crippen LogP contribution in [0.1, 0.15) is 128 Å². The standard InChI is InChI=1S/C58H70O4/c1-3-11-43-19-23-45(24-20-43)13-9-39-59-51-33-27-47(28-34-51)41-61-55-37-31-49-15-5-7-17-53(49)57(55)58-54-18-8-6-16-50(54)32-38-56(58)62-42-48-29-35-52(36-30-48)60-40-10-14-46-25-21-44(12-4-2)22-26-46/h5-8,15-18,27-38,43-46H,3-4,9-14,19-26,39-42H2,1-2H3. The fourth-order valence-corrected chi connectivity index (χ4v) is 10.5. The van der Waals surface area contributed by atoms with Gasteiger partial charge in [0.1, 0.15) is 36.2 Å². The van der Waals surface area contributed by atoms with Gasteiger partial charge in [-0.2, -0.15) is 0 Å². The summed E-state index contributed by atoms with van der Waals surface area (Å²) >= 11 is 0. The van der Waals surface area contributed by atoms with Crippen LogP contribution in [0.25, 0.3) is 32.7 Å². The molecule has 0 bridgehead atoms. The normalized spacial score (nSPS) is 19.1. The Kier molecular flexibility index (Phi) is 15.8. The average Bonchev–Trinajstić information content (AvgIpc) is 3.32. The van der Waals surface area contributed by atoms with E-state index >= 15 is 0 Å². The van der Waals surface area contributed by atoms with Gasteiger partial charge in [0.15, 0.2) is 0 Å². The molecular formula is C58H70O4. The molecule has 0 heterocycles. The predicted molar refractivity (Wildman–Crippen MR) is 259 cm³/mol. The highest BCUT2D eigenvalue weighted by molar-refractivity contribution is 6.09. The van der Waals surface area contributed by atoms with Crippen LogP contribution in [0.2, 0.25) is 0 Å². The molecule has 0 aliphatic heterocycles. The minimum Gasteiger partial charge on any atom is -0.494 e. The maximum absolute atomic E-state index is 6.77. The molecule has 0 radical (unpaired) electrons. The molecule has 0 atom stereocenters. The molecule has 62 heavy (non-hydrogen) atoms. The van der Waals surface area contributed by atoms with Gasteiger partial charge in [-0.05, 0) is 118 Å². The Morgan fingerprint density at radius 3 is 1.15 bits per heavy atom.